The smallest absolute Gasteiger partial charge is 0.260 e. The topological polar surface area (TPSA) is 67.8 Å². The summed E-state index contributed by atoms with van der Waals surface area (Å²) < 4.78 is 10.9. The third-order valence-electron chi connectivity index (χ3n) is 4.81. The van der Waals surface area contributed by atoms with Gasteiger partial charge in [0.05, 0.1) is 12.6 Å². The molecule has 0 atom stereocenters. The monoisotopic (exact) mass is 378 g/mol. The van der Waals surface area contributed by atoms with Gasteiger partial charge in [-0.3, -0.25) is 4.79 Å². The number of rotatable bonds is 5. The number of carbonyl (C=O) groups is 1. The lowest BCUT2D eigenvalue weighted by Crippen LogP contribution is -2.50. The highest BCUT2D eigenvalue weighted by molar-refractivity contribution is 5.79. The molecule has 3 aromatic rings. The van der Waals surface area contributed by atoms with Gasteiger partial charge in [0.2, 0.25) is 5.95 Å². The van der Waals surface area contributed by atoms with Crippen molar-refractivity contribution in [3.05, 3.63) is 54.7 Å². The highest BCUT2D eigenvalue weighted by Gasteiger charge is 2.23. The first-order valence-corrected chi connectivity index (χ1v) is 9.25. The first-order chi connectivity index (χ1) is 13.7. The van der Waals surface area contributed by atoms with Crippen molar-refractivity contribution in [2.45, 2.75) is 0 Å². The maximum absolute atomic E-state index is 12.5. The molecule has 2 aromatic carbocycles. The van der Waals surface area contributed by atoms with Gasteiger partial charge in [-0.15, -0.1) is 0 Å². The van der Waals surface area contributed by atoms with Crippen LogP contribution < -0.4 is 14.4 Å². The van der Waals surface area contributed by atoms with E-state index in [1.54, 1.807) is 13.2 Å². The van der Waals surface area contributed by atoms with Gasteiger partial charge in [0, 0.05) is 37.8 Å². The Morgan fingerprint density at radius 3 is 2.50 bits per heavy atom. The molecule has 0 saturated carbocycles. The van der Waals surface area contributed by atoms with Crippen LogP contribution in [-0.4, -0.2) is 60.7 Å². The minimum Gasteiger partial charge on any atom is -0.493 e. The number of methoxy groups -OCH3 is 1. The number of benzene rings is 2. The molecule has 0 unspecified atom stereocenters. The van der Waals surface area contributed by atoms with Gasteiger partial charge < -0.3 is 19.3 Å². The zero-order valence-corrected chi connectivity index (χ0v) is 15.7. The van der Waals surface area contributed by atoms with E-state index < -0.39 is 0 Å². The van der Waals surface area contributed by atoms with Crippen LogP contribution in [0, 0.1) is 0 Å². The van der Waals surface area contributed by atoms with E-state index in [1.165, 1.54) is 0 Å². The lowest BCUT2D eigenvalue weighted by Gasteiger charge is -2.34. The molecule has 2 heterocycles. The molecule has 7 nitrogen and oxygen atoms in total. The van der Waals surface area contributed by atoms with Crippen LogP contribution in [-0.2, 0) is 4.79 Å². The van der Waals surface area contributed by atoms with Gasteiger partial charge in [0.1, 0.15) is 0 Å². The van der Waals surface area contributed by atoms with Crippen LogP contribution in [0.1, 0.15) is 0 Å². The fourth-order valence-corrected chi connectivity index (χ4v) is 3.24. The van der Waals surface area contributed by atoms with Gasteiger partial charge in [0.15, 0.2) is 18.1 Å². The Bertz CT molecular complexity index is 971. The fourth-order valence-electron chi connectivity index (χ4n) is 3.24. The Morgan fingerprint density at radius 2 is 1.71 bits per heavy atom. The number of anilines is 1. The summed E-state index contributed by atoms with van der Waals surface area (Å²) in [5.41, 5.74) is 0.927. The Morgan fingerprint density at radius 1 is 1.00 bits per heavy atom. The first-order valence-electron chi connectivity index (χ1n) is 9.25. The van der Waals surface area contributed by atoms with Gasteiger partial charge in [-0.25, -0.2) is 9.97 Å². The number of amides is 1. The van der Waals surface area contributed by atoms with Crippen molar-refractivity contribution >= 4 is 22.8 Å². The molecule has 0 bridgehead atoms. The van der Waals surface area contributed by atoms with Crippen molar-refractivity contribution in [1.82, 2.24) is 14.9 Å². The SMILES string of the molecule is COc1ccccc1OCC(=O)N1CCN(c2ncc3ccccc3n2)CC1. The maximum atomic E-state index is 12.5. The molecular formula is C21H22N4O3. The van der Waals surface area contributed by atoms with Gasteiger partial charge in [-0.05, 0) is 18.2 Å². The summed E-state index contributed by atoms with van der Waals surface area (Å²) in [7, 11) is 1.58. The molecule has 1 saturated heterocycles. The van der Waals surface area contributed by atoms with Crippen molar-refractivity contribution in [3.8, 4) is 11.5 Å². The Hall–Kier alpha value is -3.35. The number of carbonyl (C=O) groups excluding carboxylic acids is 1. The van der Waals surface area contributed by atoms with E-state index in [0.29, 0.717) is 43.6 Å². The number of para-hydroxylation sites is 3. The van der Waals surface area contributed by atoms with E-state index in [9.17, 15) is 4.79 Å². The van der Waals surface area contributed by atoms with Gasteiger partial charge in [-0.1, -0.05) is 30.3 Å². The highest BCUT2D eigenvalue weighted by atomic mass is 16.5. The number of aromatic nitrogens is 2. The van der Waals surface area contributed by atoms with Crippen molar-refractivity contribution in [3.63, 3.8) is 0 Å². The highest BCUT2D eigenvalue weighted by Crippen LogP contribution is 2.25. The van der Waals surface area contributed by atoms with Gasteiger partial charge >= 0.3 is 0 Å². The fraction of sp³-hybridized carbons (Fsp3) is 0.286. The van der Waals surface area contributed by atoms with E-state index in [-0.39, 0.29) is 12.5 Å². The summed E-state index contributed by atoms with van der Waals surface area (Å²) in [6.07, 6.45) is 1.84. The van der Waals surface area contributed by atoms with Crippen molar-refractivity contribution in [2.24, 2.45) is 0 Å². The predicted molar refractivity (Wildman–Crippen MR) is 107 cm³/mol. The van der Waals surface area contributed by atoms with Crippen LogP contribution in [0.3, 0.4) is 0 Å². The Balaban J connectivity index is 1.33. The minimum absolute atomic E-state index is 0.00710. The van der Waals surface area contributed by atoms with Crippen LogP contribution in [0.5, 0.6) is 11.5 Å². The first kappa shape index (κ1) is 18.0. The van der Waals surface area contributed by atoms with Crippen molar-refractivity contribution < 1.29 is 14.3 Å². The quantitative estimate of drug-likeness (QED) is 0.679. The molecule has 0 radical (unpaired) electrons. The van der Waals surface area contributed by atoms with Crippen LogP contribution in [0.2, 0.25) is 0 Å². The second-order valence-electron chi connectivity index (χ2n) is 6.54. The predicted octanol–water partition coefficient (Wildman–Crippen LogP) is 2.37. The third-order valence-corrected chi connectivity index (χ3v) is 4.81. The number of hydrogen-bond donors (Lipinski definition) is 0. The number of nitrogens with zero attached hydrogens (tertiary/aromatic N) is 4. The number of ether oxygens (including phenoxy) is 2. The molecule has 0 spiro atoms. The molecule has 4 rings (SSSR count). The van der Waals surface area contributed by atoms with Gasteiger partial charge in [0.25, 0.3) is 5.91 Å². The van der Waals surface area contributed by atoms with Crippen LogP contribution in [0.4, 0.5) is 5.95 Å². The second-order valence-corrected chi connectivity index (χ2v) is 6.54. The summed E-state index contributed by atoms with van der Waals surface area (Å²) in [6.45, 7) is 2.61. The van der Waals surface area contributed by atoms with Crippen LogP contribution >= 0.6 is 0 Å². The maximum Gasteiger partial charge on any atom is 0.260 e. The third kappa shape index (κ3) is 3.83. The molecule has 1 fully saturated rings. The molecule has 28 heavy (non-hydrogen) atoms. The molecule has 0 aliphatic carbocycles. The average molecular weight is 378 g/mol. The van der Waals surface area contributed by atoms with Gasteiger partial charge in [-0.2, -0.15) is 0 Å². The Kier molecular flexibility index (Phi) is 5.23. The largest absolute Gasteiger partial charge is 0.493 e. The van der Waals surface area contributed by atoms with Crippen molar-refractivity contribution in [1.29, 1.82) is 0 Å². The summed E-state index contributed by atoms with van der Waals surface area (Å²) in [5.74, 6) is 1.86. The molecule has 0 N–H and O–H groups in total. The minimum atomic E-state index is -0.0371. The van der Waals surface area contributed by atoms with Crippen LogP contribution in [0.15, 0.2) is 54.7 Å². The average Bonchev–Trinajstić information content (AvgIpc) is 2.77. The van der Waals surface area contributed by atoms with E-state index in [4.69, 9.17) is 9.47 Å². The van der Waals surface area contributed by atoms with E-state index in [1.807, 2.05) is 53.6 Å². The van der Waals surface area contributed by atoms with Crippen molar-refractivity contribution in [2.75, 3.05) is 44.8 Å². The molecule has 144 valence electrons. The summed E-state index contributed by atoms with van der Waals surface area (Å²) >= 11 is 0. The number of hydrogen-bond acceptors (Lipinski definition) is 6. The lowest BCUT2D eigenvalue weighted by atomic mass is 10.2. The van der Waals surface area contributed by atoms with E-state index in [0.717, 1.165) is 10.9 Å². The Labute approximate surface area is 163 Å². The zero-order valence-electron chi connectivity index (χ0n) is 15.7. The molecule has 1 aliphatic rings. The number of piperazine rings is 1. The molecule has 7 heteroatoms. The molecule has 1 amide bonds. The summed E-state index contributed by atoms with van der Waals surface area (Å²) in [5, 5.41) is 1.02. The zero-order chi connectivity index (χ0) is 19.3. The molecular weight excluding hydrogens is 356 g/mol. The second kappa shape index (κ2) is 8.12. The van der Waals surface area contributed by atoms with E-state index >= 15 is 0 Å². The summed E-state index contributed by atoms with van der Waals surface area (Å²) in [4.78, 5) is 25.5. The van der Waals surface area contributed by atoms with E-state index in [2.05, 4.69) is 14.9 Å². The molecule has 1 aliphatic heterocycles. The molecule has 1 aromatic heterocycles. The summed E-state index contributed by atoms with van der Waals surface area (Å²) in [6, 6.07) is 15.2. The lowest BCUT2D eigenvalue weighted by molar-refractivity contribution is -0.133. The number of fused-ring (bicyclic) bond motifs is 1. The normalized spacial score (nSPS) is 14.2. The standard InChI is InChI=1S/C21H22N4O3/c1-27-18-8-4-5-9-19(18)28-15-20(26)24-10-12-25(13-11-24)21-22-14-16-6-2-3-7-17(16)23-21/h2-9,14H,10-13,15H2,1H3. The van der Waals surface area contributed by atoms with Crippen LogP contribution in [0.25, 0.3) is 10.9 Å².